The third-order valence-corrected chi connectivity index (χ3v) is 5.42. The summed E-state index contributed by atoms with van der Waals surface area (Å²) in [7, 11) is 1.45. The molecule has 0 aliphatic carbocycles. The number of pyridine rings is 1. The monoisotopic (exact) mass is 428 g/mol. The fraction of sp³-hybridized carbons (Fsp3) is 0.167. The average Bonchev–Trinajstić information content (AvgIpc) is 3.42. The van der Waals surface area contributed by atoms with Gasteiger partial charge >= 0.3 is 0 Å². The van der Waals surface area contributed by atoms with E-state index >= 15 is 4.39 Å². The Morgan fingerprint density at radius 2 is 1.91 bits per heavy atom. The molecule has 0 aliphatic rings. The minimum atomic E-state index is -0.436. The molecule has 0 aliphatic heterocycles. The highest BCUT2D eigenvalue weighted by Crippen LogP contribution is 2.34. The maximum Gasteiger partial charge on any atom is 0.174 e. The Morgan fingerprint density at radius 3 is 2.62 bits per heavy atom. The molecule has 0 unspecified atom stereocenters. The van der Waals surface area contributed by atoms with Crippen LogP contribution in [0.4, 0.5) is 4.39 Å². The second-order valence-electron chi connectivity index (χ2n) is 7.61. The van der Waals surface area contributed by atoms with Gasteiger partial charge in [0.2, 0.25) is 0 Å². The summed E-state index contributed by atoms with van der Waals surface area (Å²) in [6.07, 6.45) is 5.37. The Kier molecular flexibility index (Phi) is 4.70. The first-order chi connectivity index (χ1) is 15.5. The summed E-state index contributed by atoms with van der Waals surface area (Å²) in [5.41, 5.74) is 6.57. The second-order valence-corrected chi connectivity index (χ2v) is 7.61. The Morgan fingerprint density at radius 1 is 1.06 bits per heavy atom. The number of rotatable bonds is 4. The number of hydrogen-bond acceptors (Lipinski definition) is 5. The number of fused-ring (bicyclic) bond motifs is 1. The van der Waals surface area contributed by atoms with Crippen molar-refractivity contribution in [3.8, 4) is 34.0 Å². The van der Waals surface area contributed by atoms with Crippen LogP contribution < -0.4 is 4.74 Å². The molecule has 0 spiro atoms. The molecule has 5 aromatic rings. The molecule has 160 valence electrons. The molecule has 0 amide bonds. The van der Waals surface area contributed by atoms with E-state index in [1.807, 2.05) is 45.2 Å². The van der Waals surface area contributed by atoms with Crippen LogP contribution >= 0.6 is 0 Å². The van der Waals surface area contributed by atoms with Crippen molar-refractivity contribution in [2.75, 3.05) is 7.11 Å². The molecule has 0 saturated heterocycles. The molecule has 0 N–H and O–H groups in total. The minimum absolute atomic E-state index is 0.181. The number of nitrogens with zero attached hydrogens (tertiary/aromatic N) is 6. The SMILES string of the molecule is COc1cccc(-c2cc(C)nc3c(-c4ncc(-n5cccn5)cc4C)c(C)nn23)c1F. The first kappa shape index (κ1) is 19.9. The molecule has 8 heteroatoms. The molecule has 5 rings (SSSR count). The van der Waals surface area contributed by atoms with Crippen molar-refractivity contribution in [2.24, 2.45) is 0 Å². The Balaban J connectivity index is 1.73. The molecule has 0 saturated carbocycles. The summed E-state index contributed by atoms with van der Waals surface area (Å²) >= 11 is 0. The molecule has 1 aromatic carbocycles. The van der Waals surface area contributed by atoms with E-state index in [2.05, 4.69) is 5.10 Å². The van der Waals surface area contributed by atoms with Crippen LogP contribution in [0.2, 0.25) is 0 Å². The summed E-state index contributed by atoms with van der Waals surface area (Å²) in [6.45, 7) is 5.79. The lowest BCUT2D eigenvalue weighted by atomic mass is 10.1. The lowest BCUT2D eigenvalue weighted by molar-refractivity contribution is 0.387. The third kappa shape index (κ3) is 3.11. The van der Waals surface area contributed by atoms with Crippen LogP contribution in [-0.2, 0) is 0 Å². The predicted octanol–water partition coefficient (Wildman–Crippen LogP) is 4.72. The van der Waals surface area contributed by atoms with Gasteiger partial charge in [-0.25, -0.2) is 18.6 Å². The number of hydrogen-bond donors (Lipinski definition) is 0. The van der Waals surface area contributed by atoms with E-state index in [1.54, 1.807) is 39.8 Å². The number of halogens is 1. The second kappa shape index (κ2) is 7.56. The van der Waals surface area contributed by atoms with E-state index in [-0.39, 0.29) is 5.75 Å². The normalized spacial score (nSPS) is 11.3. The van der Waals surface area contributed by atoms with Crippen molar-refractivity contribution in [3.63, 3.8) is 0 Å². The van der Waals surface area contributed by atoms with Crippen LogP contribution in [0, 0.1) is 26.6 Å². The van der Waals surface area contributed by atoms with Gasteiger partial charge in [-0.2, -0.15) is 10.2 Å². The van der Waals surface area contributed by atoms with E-state index in [4.69, 9.17) is 19.8 Å². The molecule has 4 heterocycles. The van der Waals surface area contributed by atoms with Gasteiger partial charge in [-0.3, -0.25) is 4.98 Å². The van der Waals surface area contributed by atoms with Gasteiger partial charge in [-0.05, 0) is 56.7 Å². The van der Waals surface area contributed by atoms with E-state index in [0.717, 1.165) is 33.9 Å². The van der Waals surface area contributed by atoms with Crippen LogP contribution in [0.15, 0.2) is 55.0 Å². The summed E-state index contributed by atoms with van der Waals surface area (Å²) < 4.78 is 23.7. The summed E-state index contributed by atoms with van der Waals surface area (Å²) in [4.78, 5) is 9.45. The fourth-order valence-electron chi connectivity index (χ4n) is 3.95. The summed E-state index contributed by atoms with van der Waals surface area (Å²) in [5.74, 6) is -0.254. The number of aromatic nitrogens is 6. The van der Waals surface area contributed by atoms with Crippen LogP contribution in [0.25, 0.3) is 33.8 Å². The number of methoxy groups -OCH3 is 1. The molecule has 32 heavy (non-hydrogen) atoms. The Hall–Kier alpha value is -4.07. The molecular weight excluding hydrogens is 407 g/mol. The predicted molar refractivity (Wildman–Crippen MR) is 119 cm³/mol. The average molecular weight is 428 g/mol. The molecule has 0 atom stereocenters. The number of benzene rings is 1. The van der Waals surface area contributed by atoms with Gasteiger partial charge in [-0.1, -0.05) is 6.07 Å². The Labute approximate surface area is 184 Å². The molecular formula is C24H21FN6O. The highest BCUT2D eigenvalue weighted by molar-refractivity contribution is 5.81. The van der Waals surface area contributed by atoms with Gasteiger partial charge < -0.3 is 4.74 Å². The van der Waals surface area contributed by atoms with Gasteiger partial charge in [-0.15, -0.1) is 0 Å². The zero-order valence-corrected chi connectivity index (χ0v) is 18.2. The van der Waals surface area contributed by atoms with Gasteiger partial charge in [0.15, 0.2) is 17.2 Å². The van der Waals surface area contributed by atoms with Crippen molar-refractivity contribution in [1.82, 2.24) is 29.4 Å². The molecule has 0 fully saturated rings. The van der Waals surface area contributed by atoms with E-state index in [9.17, 15) is 0 Å². The van der Waals surface area contributed by atoms with Crippen LogP contribution in [0.3, 0.4) is 0 Å². The smallest absolute Gasteiger partial charge is 0.174 e. The van der Waals surface area contributed by atoms with Crippen molar-refractivity contribution < 1.29 is 9.13 Å². The van der Waals surface area contributed by atoms with Gasteiger partial charge in [0.1, 0.15) is 0 Å². The fourth-order valence-corrected chi connectivity index (χ4v) is 3.95. The van der Waals surface area contributed by atoms with Crippen LogP contribution in [-0.4, -0.2) is 36.5 Å². The number of aryl methyl sites for hydroxylation is 3. The summed E-state index contributed by atoms with van der Waals surface area (Å²) in [6, 6.07) is 10.8. The summed E-state index contributed by atoms with van der Waals surface area (Å²) in [5, 5.41) is 8.97. The Bertz CT molecular complexity index is 1460. The third-order valence-electron chi connectivity index (χ3n) is 5.42. The lowest BCUT2D eigenvalue weighted by Crippen LogP contribution is -2.01. The van der Waals surface area contributed by atoms with Crippen molar-refractivity contribution in [3.05, 3.63) is 77.8 Å². The first-order valence-corrected chi connectivity index (χ1v) is 10.1. The van der Waals surface area contributed by atoms with Crippen molar-refractivity contribution in [2.45, 2.75) is 20.8 Å². The zero-order chi connectivity index (χ0) is 22.4. The maximum absolute atomic E-state index is 15.1. The van der Waals surface area contributed by atoms with Gasteiger partial charge in [0.25, 0.3) is 0 Å². The van der Waals surface area contributed by atoms with Crippen LogP contribution in [0.5, 0.6) is 5.75 Å². The van der Waals surface area contributed by atoms with Crippen molar-refractivity contribution in [1.29, 1.82) is 0 Å². The minimum Gasteiger partial charge on any atom is -0.494 e. The van der Waals surface area contributed by atoms with Crippen molar-refractivity contribution >= 4 is 5.65 Å². The molecule has 7 nitrogen and oxygen atoms in total. The molecule has 0 bridgehead atoms. The highest BCUT2D eigenvalue weighted by atomic mass is 19.1. The highest BCUT2D eigenvalue weighted by Gasteiger charge is 2.21. The van der Waals surface area contributed by atoms with E-state index < -0.39 is 5.82 Å². The molecule has 0 radical (unpaired) electrons. The van der Waals surface area contributed by atoms with Gasteiger partial charge in [0, 0.05) is 23.7 Å². The van der Waals surface area contributed by atoms with Gasteiger partial charge in [0.05, 0.1) is 41.6 Å². The lowest BCUT2D eigenvalue weighted by Gasteiger charge is -2.11. The largest absolute Gasteiger partial charge is 0.494 e. The molecule has 4 aromatic heterocycles. The first-order valence-electron chi connectivity index (χ1n) is 10.1. The quantitative estimate of drug-likeness (QED) is 0.414. The van der Waals surface area contributed by atoms with Crippen LogP contribution in [0.1, 0.15) is 17.0 Å². The standard InChI is InChI=1S/C24H21FN6O/c1-14-11-17(30-10-6-9-27-30)13-26-23(14)21-16(3)29-31-19(12-15(2)28-24(21)31)18-7-5-8-20(32-4)22(18)25/h5-13H,1-4H3. The van der Waals surface area contributed by atoms with E-state index in [1.165, 1.54) is 7.11 Å². The van der Waals surface area contributed by atoms with E-state index in [0.29, 0.717) is 16.9 Å². The number of ether oxygens (including phenoxy) is 1. The topological polar surface area (TPSA) is 70.1 Å². The maximum atomic E-state index is 15.1. The zero-order valence-electron chi connectivity index (χ0n) is 18.2.